The number of allylic oxidation sites excluding steroid dienone is 4. The highest BCUT2D eigenvalue weighted by Gasteiger charge is 2.14. The predicted molar refractivity (Wildman–Crippen MR) is 65.0 cm³/mol. The van der Waals surface area contributed by atoms with Gasteiger partial charge in [-0.2, -0.15) is 0 Å². The molecule has 0 heterocycles. The fourth-order valence-corrected chi connectivity index (χ4v) is 0.720. The summed E-state index contributed by atoms with van der Waals surface area (Å²) in [4.78, 5) is 11.2. The van der Waals surface area contributed by atoms with E-state index in [0.717, 1.165) is 0 Å². The average Bonchev–Trinajstić information content (AvgIpc) is 2.14. The first-order chi connectivity index (χ1) is 7.35. The summed E-state index contributed by atoms with van der Waals surface area (Å²) in [5.41, 5.74) is -0.0683. The maximum Gasteiger partial charge on any atom is 0.513 e. The lowest BCUT2D eigenvalue weighted by molar-refractivity contribution is 0.0530. The van der Waals surface area contributed by atoms with Gasteiger partial charge in [0.2, 0.25) is 0 Å². The number of carbonyl (C=O) groups excluding carboxylic acids is 1. The van der Waals surface area contributed by atoms with E-state index in [1.54, 1.807) is 12.2 Å². The molecule has 0 aromatic heterocycles. The van der Waals surface area contributed by atoms with Crippen molar-refractivity contribution < 1.29 is 14.3 Å². The van der Waals surface area contributed by atoms with E-state index in [0.29, 0.717) is 6.61 Å². The van der Waals surface area contributed by atoms with Gasteiger partial charge in [0, 0.05) is 0 Å². The van der Waals surface area contributed by atoms with Crippen LogP contribution in [0.5, 0.6) is 0 Å². The monoisotopic (exact) mass is 224 g/mol. The molecule has 0 spiro atoms. The van der Waals surface area contributed by atoms with Crippen molar-refractivity contribution in [2.24, 2.45) is 5.41 Å². The molecule has 0 rings (SSSR count). The van der Waals surface area contributed by atoms with Crippen LogP contribution in [0.25, 0.3) is 0 Å². The largest absolute Gasteiger partial charge is 0.513 e. The summed E-state index contributed by atoms with van der Waals surface area (Å²) in [5, 5.41) is 0. The lowest BCUT2D eigenvalue weighted by Crippen LogP contribution is -2.18. The molecular weight excluding hydrogens is 204 g/mol. The number of rotatable bonds is 4. The van der Waals surface area contributed by atoms with E-state index in [1.807, 2.05) is 39.8 Å². The van der Waals surface area contributed by atoms with Gasteiger partial charge in [0.1, 0.15) is 5.76 Å². The Morgan fingerprint density at radius 1 is 1.31 bits per heavy atom. The molecule has 0 unspecified atom stereocenters. The van der Waals surface area contributed by atoms with E-state index >= 15 is 0 Å². The van der Waals surface area contributed by atoms with Crippen LogP contribution in [0.2, 0.25) is 0 Å². The van der Waals surface area contributed by atoms with Crippen LogP contribution in [-0.4, -0.2) is 12.8 Å². The summed E-state index contributed by atoms with van der Waals surface area (Å²) < 4.78 is 9.73. The molecule has 0 radical (unpaired) electrons. The first-order valence-corrected chi connectivity index (χ1v) is 5.18. The Kier molecular flexibility index (Phi) is 6.23. The van der Waals surface area contributed by atoms with Crippen LogP contribution in [-0.2, 0) is 9.47 Å². The van der Waals surface area contributed by atoms with Gasteiger partial charge in [-0.3, -0.25) is 0 Å². The van der Waals surface area contributed by atoms with Crippen molar-refractivity contribution in [2.45, 2.75) is 27.7 Å². The maximum atomic E-state index is 11.2. The van der Waals surface area contributed by atoms with Crippen LogP contribution >= 0.6 is 0 Å². The molecule has 0 aliphatic rings. The van der Waals surface area contributed by atoms with Crippen LogP contribution < -0.4 is 0 Å². The average molecular weight is 224 g/mol. The second kappa shape index (κ2) is 6.88. The van der Waals surface area contributed by atoms with E-state index in [2.05, 4.69) is 6.58 Å². The summed E-state index contributed by atoms with van der Waals surface area (Å²) in [6, 6.07) is 0. The Morgan fingerprint density at radius 3 is 2.44 bits per heavy atom. The third-order valence-electron chi connectivity index (χ3n) is 1.42. The summed E-state index contributed by atoms with van der Waals surface area (Å²) in [5.74, 6) is 0.261. The summed E-state index contributed by atoms with van der Waals surface area (Å²) >= 11 is 0. The van der Waals surface area contributed by atoms with Crippen LogP contribution in [0.3, 0.4) is 0 Å². The summed E-state index contributed by atoms with van der Waals surface area (Å²) in [7, 11) is 0. The third kappa shape index (κ3) is 9.06. The van der Waals surface area contributed by atoms with Crippen LogP contribution in [0.15, 0.2) is 36.6 Å². The smallest absolute Gasteiger partial charge is 0.433 e. The second-order valence-electron chi connectivity index (χ2n) is 4.55. The first kappa shape index (κ1) is 14.5. The number of hydrogen-bond donors (Lipinski definition) is 0. The fourth-order valence-electron chi connectivity index (χ4n) is 0.720. The molecule has 0 atom stereocenters. The van der Waals surface area contributed by atoms with Gasteiger partial charge in [0.15, 0.2) is 0 Å². The highest BCUT2D eigenvalue weighted by molar-refractivity contribution is 5.61. The van der Waals surface area contributed by atoms with Crippen molar-refractivity contribution in [2.75, 3.05) is 6.61 Å². The highest BCUT2D eigenvalue weighted by Crippen LogP contribution is 2.13. The zero-order valence-electron chi connectivity index (χ0n) is 10.4. The molecule has 0 fully saturated rings. The maximum absolute atomic E-state index is 11.2. The Bertz CT molecular complexity index is 293. The highest BCUT2D eigenvalue weighted by atomic mass is 16.7. The van der Waals surface area contributed by atoms with E-state index < -0.39 is 6.16 Å². The van der Waals surface area contributed by atoms with Gasteiger partial charge >= 0.3 is 6.16 Å². The second-order valence-corrected chi connectivity index (χ2v) is 4.55. The molecule has 16 heavy (non-hydrogen) atoms. The van der Waals surface area contributed by atoms with Gasteiger partial charge in [0.05, 0.1) is 6.61 Å². The number of ether oxygens (including phenoxy) is 2. The predicted octanol–water partition coefficient (Wildman–Crippen LogP) is 3.83. The Morgan fingerprint density at radius 2 is 1.94 bits per heavy atom. The molecule has 0 aliphatic carbocycles. The van der Waals surface area contributed by atoms with Crippen LogP contribution in [0.1, 0.15) is 27.7 Å². The molecular formula is C13H20O3. The molecule has 0 N–H and O–H groups in total. The fraction of sp³-hybridized carbons (Fsp3) is 0.462. The molecule has 0 aromatic rings. The minimum Gasteiger partial charge on any atom is -0.433 e. The molecule has 0 bridgehead atoms. The van der Waals surface area contributed by atoms with Crippen molar-refractivity contribution in [3.05, 3.63) is 36.6 Å². The Hall–Kier alpha value is -1.51. The molecule has 3 nitrogen and oxygen atoms in total. The zero-order chi connectivity index (χ0) is 12.6. The minimum absolute atomic E-state index is 0.0683. The molecule has 90 valence electrons. The summed E-state index contributed by atoms with van der Waals surface area (Å²) in [6.07, 6.45) is 6.29. The first-order valence-electron chi connectivity index (χ1n) is 5.18. The molecule has 0 amide bonds. The van der Waals surface area contributed by atoms with Crippen molar-refractivity contribution in [3.63, 3.8) is 0 Å². The van der Waals surface area contributed by atoms with Crippen molar-refractivity contribution in [1.82, 2.24) is 0 Å². The van der Waals surface area contributed by atoms with Gasteiger partial charge in [-0.25, -0.2) is 4.79 Å². The lowest BCUT2D eigenvalue weighted by Gasteiger charge is -2.17. The summed E-state index contributed by atoms with van der Waals surface area (Å²) in [6.45, 7) is 11.7. The normalized spacial score (nSPS) is 12.0. The molecule has 0 saturated carbocycles. The SMILES string of the molecule is C=C(/C=C\C=C/C)OC(=O)OCC(C)(C)C. The zero-order valence-corrected chi connectivity index (χ0v) is 10.4. The van der Waals surface area contributed by atoms with Gasteiger partial charge < -0.3 is 9.47 Å². The van der Waals surface area contributed by atoms with Gasteiger partial charge in [-0.1, -0.05) is 45.6 Å². The van der Waals surface area contributed by atoms with E-state index in [4.69, 9.17) is 9.47 Å². The third-order valence-corrected chi connectivity index (χ3v) is 1.42. The minimum atomic E-state index is -0.718. The van der Waals surface area contributed by atoms with Crippen LogP contribution in [0, 0.1) is 5.41 Å². The van der Waals surface area contributed by atoms with Crippen molar-refractivity contribution in [1.29, 1.82) is 0 Å². The lowest BCUT2D eigenvalue weighted by atomic mass is 9.99. The topological polar surface area (TPSA) is 35.5 Å². The Balaban J connectivity index is 3.92. The standard InChI is InChI=1S/C13H20O3/c1-6-7-8-9-11(2)16-12(14)15-10-13(3,4)5/h6-9H,2,10H2,1,3-5H3/b7-6-,9-8-. The van der Waals surface area contributed by atoms with E-state index in [1.165, 1.54) is 0 Å². The molecule has 0 saturated heterocycles. The van der Waals surface area contributed by atoms with Gasteiger partial charge in [0.25, 0.3) is 0 Å². The van der Waals surface area contributed by atoms with E-state index in [9.17, 15) is 4.79 Å². The van der Waals surface area contributed by atoms with Gasteiger partial charge in [-0.15, -0.1) is 0 Å². The Labute approximate surface area is 97.4 Å². The molecule has 0 aliphatic heterocycles. The van der Waals surface area contributed by atoms with Crippen molar-refractivity contribution in [3.8, 4) is 0 Å². The van der Waals surface area contributed by atoms with E-state index in [-0.39, 0.29) is 11.2 Å². The molecule has 3 heteroatoms. The number of carbonyl (C=O) groups is 1. The number of hydrogen-bond acceptors (Lipinski definition) is 3. The van der Waals surface area contributed by atoms with Crippen molar-refractivity contribution >= 4 is 6.16 Å². The van der Waals surface area contributed by atoms with Gasteiger partial charge in [-0.05, 0) is 18.4 Å². The quantitative estimate of drug-likeness (QED) is 0.413. The molecule has 0 aromatic carbocycles. The van der Waals surface area contributed by atoms with Crippen LogP contribution in [0.4, 0.5) is 4.79 Å².